The lowest BCUT2D eigenvalue weighted by atomic mass is 9.96. The van der Waals surface area contributed by atoms with Crippen molar-refractivity contribution in [1.29, 1.82) is 0 Å². The van der Waals surface area contributed by atoms with Crippen LogP contribution in [0.3, 0.4) is 0 Å². The molecule has 0 spiro atoms. The topological polar surface area (TPSA) is 114 Å². The number of thioether (sulfide) groups is 1. The molecule has 1 aliphatic carbocycles. The fourth-order valence-electron chi connectivity index (χ4n) is 5.41. The average molecular weight is 761 g/mol. The third kappa shape index (κ3) is 9.93. The number of nitrogens with one attached hydrogen (secondary N) is 3. The zero-order valence-corrected chi connectivity index (χ0v) is 30.6. The Kier molecular flexibility index (Phi) is 12.9. The predicted molar refractivity (Wildman–Crippen MR) is 201 cm³/mol. The van der Waals surface area contributed by atoms with Gasteiger partial charge in [-0.15, -0.1) is 23.1 Å². The summed E-state index contributed by atoms with van der Waals surface area (Å²) in [6.45, 7) is 3.84. The molecule has 0 radical (unpaired) electrons. The minimum atomic E-state index is -0.510. The number of carbonyl (C=O) groups is 4. The second-order valence-corrected chi connectivity index (χ2v) is 14.9. The van der Waals surface area contributed by atoms with Gasteiger partial charge in [0, 0.05) is 25.5 Å². The molecule has 11 heteroatoms. The Hall–Kier alpha value is -4.19. The third-order valence-corrected chi connectivity index (χ3v) is 10.7. The normalized spacial score (nSPS) is 13.7. The number of benzene rings is 3. The molecule has 1 unspecified atom stereocenters. The van der Waals surface area contributed by atoms with E-state index in [4.69, 9.17) is 4.74 Å². The minimum Gasteiger partial charge on any atom is -0.462 e. The van der Waals surface area contributed by atoms with Crippen molar-refractivity contribution in [2.24, 2.45) is 0 Å². The number of aryl methyl sites for hydroxylation is 1. The lowest BCUT2D eigenvalue weighted by Crippen LogP contribution is -2.30. The van der Waals surface area contributed by atoms with Gasteiger partial charge >= 0.3 is 5.97 Å². The summed E-state index contributed by atoms with van der Waals surface area (Å²) in [6.07, 6.45) is 7.65. The van der Waals surface area contributed by atoms with E-state index in [1.54, 1.807) is 62.4 Å². The highest BCUT2D eigenvalue weighted by Crippen LogP contribution is 2.38. The monoisotopic (exact) mass is 759 g/mol. The molecule has 8 nitrogen and oxygen atoms in total. The van der Waals surface area contributed by atoms with E-state index in [-0.39, 0.29) is 18.2 Å². The van der Waals surface area contributed by atoms with Crippen LogP contribution in [0.15, 0.2) is 93.9 Å². The van der Waals surface area contributed by atoms with Gasteiger partial charge in [-0.3, -0.25) is 14.4 Å². The summed E-state index contributed by atoms with van der Waals surface area (Å²) >= 11 is 6.24. The van der Waals surface area contributed by atoms with Crippen LogP contribution in [-0.2, 0) is 27.2 Å². The van der Waals surface area contributed by atoms with E-state index < -0.39 is 23.0 Å². The van der Waals surface area contributed by atoms with Gasteiger partial charge in [0.05, 0.1) is 17.4 Å². The predicted octanol–water partition coefficient (Wildman–Crippen LogP) is 8.88. The lowest BCUT2D eigenvalue weighted by molar-refractivity contribution is -0.115. The molecule has 49 heavy (non-hydrogen) atoms. The summed E-state index contributed by atoms with van der Waals surface area (Å²) in [5.41, 5.74) is 3.23. The van der Waals surface area contributed by atoms with E-state index in [1.165, 1.54) is 23.1 Å². The smallest absolute Gasteiger partial charge is 0.341 e. The lowest BCUT2D eigenvalue weighted by Gasteiger charge is -2.14. The van der Waals surface area contributed by atoms with Crippen LogP contribution in [0.25, 0.3) is 6.08 Å². The van der Waals surface area contributed by atoms with Crippen molar-refractivity contribution in [1.82, 2.24) is 5.32 Å². The third-order valence-electron chi connectivity index (χ3n) is 7.87. The summed E-state index contributed by atoms with van der Waals surface area (Å²) in [6, 6.07) is 23.2. The molecule has 0 bridgehead atoms. The molecule has 1 aromatic heterocycles. The number of hydrogen-bond donors (Lipinski definition) is 3. The largest absolute Gasteiger partial charge is 0.462 e. The first kappa shape index (κ1) is 36.1. The summed E-state index contributed by atoms with van der Waals surface area (Å²) in [5.74, 6) is -1.54. The Balaban J connectivity index is 1.29. The molecule has 3 amide bonds. The van der Waals surface area contributed by atoms with Crippen LogP contribution in [0, 0.1) is 0 Å². The van der Waals surface area contributed by atoms with Gasteiger partial charge in [-0.2, -0.15) is 0 Å². The number of esters is 1. The van der Waals surface area contributed by atoms with Gasteiger partial charge in [0.15, 0.2) is 0 Å². The standard InChI is InChI=1S/C38H38BrN3O5S2/c1-3-47-38(46)33-30-16-9-4-5-10-17-32(30)49-37(33)42-34(43)24(2)48-29-15-11-14-28(23-29)40-36(45)31(22-25-18-20-27(39)21-19-25)41-35(44)26-12-7-6-8-13-26/h6-8,11-15,18-24H,3-5,9-10,16-17H2,1-2H3,(H,40,45)(H,41,44)(H,42,43)/b31-22+. The van der Waals surface area contributed by atoms with E-state index in [1.807, 2.05) is 36.4 Å². The van der Waals surface area contributed by atoms with Gasteiger partial charge in [0.25, 0.3) is 11.8 Å². The van der Waals surface area contributed by atoms with Crippen LogP contribution in [0.4, 0.5) is 10.7 Å². The van der Waals surface area contributed by atoms with E-state index in [9.17, 15) is 19.2 Å². The van der Waals surface area contributed by atoms with Crippen LogP contribution >= 0.6 is 39.0 Å². The number of anilines is 2. The highest BCUT2D eigenvalue weighted by Gasteiger charge is 2.27. The number of thiophene rings is 1. The fraction of sp³-hybridized carbons (Fsp3) is 0.263. The number of carbonyl (C=O) groups excluding carboxylic acids is 4. The Morgan fingerprint density at radius 1 is 0.918 bits per heavy atom. The molecule has 0 aliphatic heterocycles. The maximum atomic E-state index is 13.5. The number of halogens is 1. The number of ether oxygens (including phenoxy) is 1. The fourth-order valence-corrected chi connectivity index (χ4v) is 7.88. The van der Waals surface area contributed by atoms with Gasteiger partial charge < -0.3 is 20.7 Å². The molecule has 3 aromatic carbocycles. The van der Waals surface area contributed by atoms with Gasteiger partial charge in [-0.1, -0.05) is 65.2 Å². The van der Waals surface area contributed by atoms with Crippen LogP contribution in [0.2, 0.25) is 0 Å². The Labute approximate surface area is 303 Å². The SMILES string of the molecule is CCOC(=O)c1c(NC(=O)C(C)Sc2cccc(NC(=O)/C(=C\c3ccc(Br)cc3)NC(=O)c3ccccc3)c2)sc2c1CCCCCC2. The van der Waals surface area contributed by atoms with Crippen LogP contribution in [0.1, 0.15) is 76.3 Å². The van der Waals surface area contributed by atoms with Crippen LogP contribution in [-0.4, -0.2) is 35.5 Å². The van der Waals surface area contributed by atoms with E-state index in [0.29, 0.717) is 21.8 Å². The van der Waals surface area contributed by atoms with Gasteiger partial charge in [0.2, 0.25) is 5.91 Å². The van der Waals surface area contributed by atoms with Crippen molar-refractivity contribution >= 4 is 79.5 Å². The van der Waals surface area contributed by atoms with E-state index in [2.05, 4.69) is 31.9 Å². The maximum Gasteiger partial charge on any atom is 0.341 e. The van der Waals surface area contributed by atoms with Crippen molar-refractivity contribution in [2.45, 2.75) is 62.5 Å². The first-order chi connectivity index (χ1) is 23.7. The molecular weight excluding hydrogens is 722 g/mol. The highest BCUT2D eigenvalue weighted by molar-refractivity contribution is 9.10. The Morgan fingerprint density at radius 3 is 2.39 bits per heavy atom. The molecule has 1 atom stereocenters. The molecular formula is C38H38BrN3O5S2. The first-order valence-electron chi connectivity index (χ1n) is 16.3. The molecule has 0 saturated carbocycles. The van der Waals surface area contributed by atoms with Crippen molar-refractivity contribution in [3.8, 4) is 0 Å². The number of fused-ring (bicyclic) bond motifs is 1. The maximum absolute atomic E-state index is 13.5. The molecule has 3 N–H and O–H groups in total. The van der Waals surface area contributed by atoms with Crippen LogP contribution < -0.4 is 16.0 Å². The quantitative estimate of drug-likeness (QED) is 0.0800. The van der Waals surface area contributed by atoms with Gasteiger partial charge in [-0.25, -0.2) is 4.79 Å². The summed E-state index contributed by atoms with van der Waals surface area (Å²) < 4.78 is 6.28. The zero-order chi connectivity index (χ0) is 34.8. The van der Waals surface area contributed by atoms with Gasteiger partial charge in [0.1, 0.15) is 10.7 Å². The zero-order valence-electron chi connectivity index (χ0n) is 27.3. The molecule has 254 valence electrons. The molecule has 1 heterocycles. The van der Waals surface area contributed by atoms with Crippen molar-refractivity contribution < 1.29 is 23.9 Å². The van der Waals surface area contributed by atoms with E-state index in [0.717, 1.165) is 63.9 Å². The Morgan fingerprint density at radius 2 is 1.65 bits per heavy atom. The van der Waals surface area contributed by atoms with Crippen molar-refractivity contribution in [3.63, 3.8) is 0 Å². The molecule has 5 rings (SSSR count). The average Bonchev–Trinajstić information content (AvgIpc) is 3.41. The molecule has 1 aliphatic rings. The number of amides is 3. The first-order valence-corrected chi connectivity index (χ1v) is 18.7. The molecule has 0 saturated heterocycles. The van der Waals surface area contributed by atoms with Crippen molar-refractivity contribution in [2.75, 3.05) is 17.2 Å². The molecule has 4 aromatic rings. The number of rotatable bonds is 11. The summed E-state index contributed by atoms with van der Waals surface area (Å²) in [4.78, 5) is 54.9. The number of hydrogen-bond acceptors (Lipinski definition) is 7. The summed E-state index contributed by atoms with van der Waals surface area (Å²) in [5, 5.41) is 8.71. The Bertz CT molecular complexity index is 1840. The second kappa shape index (κ2) is 17.5. The van der Waals surface area contributed by atoms with Crippen molar-refractivity contribution in [3.05, 3.63) is 116 Å². The molecule has 0 fully saturated rings. The second-order valence-electron chi connectivity index (χ2n) is 11.5. The minimum absolute atomic E-state index is 0.0735. The van der Waals surface area contributed by atoms with E-state index >= 15 is 0 Å². The van der Waals surface area contributed by atoms with Gasteiger partial charge in [-0.05, 0) is 99.2 Å². The summed E-state index contributed by atoms with van der Waals surface area (Å²) in [7, 11) is 0. The highest BCUT2D eigenvalue weighted by atomic mass is 79.9. The van der Waals surface area contributed by atoms with Crippen LogP contribution in [0.5, 0.6) is 0 Å².